The van der Waals surface area contributed by atoms with E-state index in [-0.39, 0.29) is 23.7 Å². The Labute approximate surface area is 152 Å². The number of ether oxygens (including phenoxy) is 2. The van der Waals surface area contributed by atoms with Gasteiger partial charge in [0, 0.05) is 19.3 Å². The average molecular weight is 354 g/mol. The van der Waals surface area contributed by atoms with Gasteiger partial charge in [-0.3, -0.25) is 9.59 Å². The fourth-order valence-corrected chi connectivity index (χ4v) is 2.65. The van der Waals surface area contributed by atoms with Gasteiger partial charge in [-0.15, -0.1) is 0 Å². The molecule has 1 saturated carbocycles. The predicted octanol–water partition coefficient (Wildman–Crippen LogP) is 2.82. The highest BCUT2D eigenvalue weighted by Gasteiger charge is 2.47. The molecule has 2 amide bonds. The fraction of sp³-hybridized carbons (Fsp3) is 0.300. The zero-order chi connectivity index (χ0) is 18.4. The number of amides is 2. The van der Waals surface area contributed by atoms with Crippen molar-refractivity contribution in [2.24, 2.45) is 11.8 Å². The molecular formula is C20H22N2O4. The molecule has 6 nitrogen and oxygen atoms in total. The quantitative estimate of drug-likeness (QED) is 0.715. The number of carbonyl (C=O) groups excluding carboxylic acids is 2. The van der Waals surface area contributed by atoms with Crippen LogP contribution in [-0.2, 0) is 14.3 Å². The van der Waals surface area contributed by atoms with Crippen LogP contribution in [0, 0.1) is 11.8 Å². The maximum absolute atomic E-state index is 12.2. The Balaban J connectivity index is 1.47. The SMILES string of the molecule is COCCNC(=O)C1CC1C(=O)Nc1ccc(Oc2ccccc2)cc1. The van der Waals surface area contributed by atoms with E-state index in [1.165, 1.54) is 0 Å². The molecule has 2 aromatic rings. The molecule has 2 aromatic carbocycles. The number of anilines is 1. The van der Waals surface area contributed by atoms with E-state index in [1.807, 2.05) is 30.3 Å². The molecule has 0 spiro atoms. The van der Waals surface area contributed by atoms with Crippen molar-refractivity contribution in [2.45, 2.75) is 6.42 Å². The van der Waals surface area contributed by atoms with Crippen LogP contribution in [-0.4, -0.2) is 32.1 Å². The minimum atomic E-state index is -0.266. The zero-order valence-corrected chi connectivity index (χ0v) is 14.6. The van der Waals surface area contributed by atoms with E-state index in [9.17, 15) is 9.59 Å². The first-order chi connectivity index (χ1) is 12.7. The van der Waals surface area contributed by atoms with Gasteiger partial charge in [0.1, 0.15) is 11.5 Å². The highest BCUT2D eigenvalue weighted by molar-refractivity contribution is 5.99. The van der Waals surface area contributed by atoms with Gasteiger partial charge in [-0.2, -0.15) is 0 Å². The number of hydrogen-bond donors (Lipinski definition) is 2. The minimum absolute atomic E-state index is 0.0891. The van der Waals surface area contributed by atoms with E-state index in [1.54, 1.807) is 31.4 Å². The van der Waals surface area contributed by atoms with Crippen molar-refractivity contribution in [3.8, 4) is 11.5 Å². The highest BCUT2D eigenvalue weighted by atomic mass is 16.5. The lowest BCUT2D eigenvalue weighted by molar-refractivity contribution is -0.125. The molecule has 0 aromatic heterocycles. The van der Waals surface area contributed by atoms with Crippen molar-refractivity contribution in [3.05, 3.63) is 54.6 Å². The maximum atomic E-state index is 12.2. The van der Waals surface area contributed by atoms with Gasteiger partial charge < -0.3 is 20.1 Å². The average Bonchev–Trinajstić information content (AvgIpc) is 3.45. The Bertz CT molecular complexity index is 746. The van der Waals surface area contributed by atoms with Crippen LogP contribution in [0.15, 0.2) is 54.6 Å². The smallest absolute Gasteiger partial charge is 0.228 e. The van der Waals surface area contributed by atoms with Crippen LogP contribution >= 0.6 is 0 Å². The summed E-state index contributed by atoms with van der Waals surface area (Å²) in [6.45, 7) is 0.926. The zero-order valence-electron chi connectivity index (χ0n) is 14.6. The van der Waals surface area contributed by atoms with Gasteiger partial charge in [-0.25, -0.2) is 0 Å². The van der Waals surface area contributed by atoms with E-state index in [4.69, 9.17) is 9.47 Å². The molecule has 0 aliphatic heterocycles. The summed E-state index contributed by atoms with van der Waals surface area (Å²) >= 11 is 0. The van der Waals surface area contributed by atoms with Gasteiger partial charge in [-0.05, 0) is 42.8 Å². The molecule has 3 rings (SSSR count). The summed E-state index contributed by atoms with van der Waals surface area (Å²) in [4.78, 5) is 24.2. The van der Waals surface area contributed by atoms with Gasteiger partial charge in [0.15, 0.2) is 0 Å². The molecule has 1 aliphatic carbocycles. The molecule has 2 atom stereocenters. The fourth-order valence-electron chi connectivity index (χ4n) is 2.65. The normalized spacial score (nSPS) is 18.0. The summed E-state index contributed by atoms with van der Waals surface area (Å²) < 4.78 is 10.6. The first-order valence-electron chi connectivity index (χ1n) is 8.58. The third kappa shape index (κ3) is 4.83. The van der Waals surface area contributed by atoms with Crippen molar-refractivity contribution in [2.75, 3.05) is 25.6 Å². The number of carbonyl (C=O) groups is 2. The summed E-state index contributed by atoms with van der Waals surface area (Å²) in [5.41, 5.74) is 0.681. The Hall–Kier alpha value is -2.86. The number of hydrogen-bond acceptors (Lipinski definition) is 4. The number of para-hydroxylation sites is 1. The van der Waals surface area contributed by atoms with Crippen molar-refractivity contribution < 1.29 is 19.1 Å². The van der Waals surface area contributed by atoms with Crippen LogP contribution < -0.4 is 15.4 Å². The third-order valence-corrected chi connectivity index (χ3v) is 4.17. The van der Waals surface area contributed by atoms with Gasteiger partial charge in [0.2, 0.25) is 11.8 Å². The molecule has 0 bridgehead atoms. The number of rotatable bonds is 8. The molecule has 1 aliphatic rings. The van der Waals surface area contributed by atoms with Gasteiger partial charge in [0.25, 0.3) is 0 Å². The van der Waals surface area contributed by atoms with Crippen molar-refractivity contribution in [3.63, 3.8) is 0 Å². The van der Waals surface area contributed by atoms with Crippen LogP contribution in [0.25, 0.3) is 0 Å². The minimum Gasteiger partial charge on any atom is -0.457 e. The molecular weight excluding hydrogens is 332 g/mol. The lowest BCUT2D eigenvalue weighted by atomic mass is 10.2. The van der Waals surface area contributed by atoms with Crippen LogP contribution in [0.2, 0.25) is 0 Å². The standard InChI is InChI=1S/C20H22N2O4/c1-25-12-11-21-19(23)17-13-18(17)20(24)22-14-7-9-16(10-8-14)26-15-5-3-2-4-6-15/h2-10,17-18H,11-13H2,1H3,(H,21,23)(H,22,24). The molecule has 136 valence electrons. The Morgan fingerprint density at radius 1 is 0.962 bits per heavy atom. The lowest BCUT2D eigenvalue weighted by Gasteiger charge is -2.08. The Morgan fingerprint density at radius 2 is 1.62 bits per heavy atom. The number of benzene rings is 2. The monoisotopic (exact) mass is 354 g/mol. The molecule has 1 fully saturated rings. The molecule has 0 radical (unpaired) electrons. The first-order valence-corrected chi connectivity index (χ1v) is 8.58. The molecule has 0 saturated heterocycles. The maximum Gasteiger partial charge on any atom is 0.228 e. The van der Waals surface area contributed by atoms with Gasteiger partial charge in [0.05, 0.1) is 18.4 Å². The van der Waals surface area contributed by atoms with E-state index in [0.717, 1.165) is 5.75 Å². The lowest BCUT2D eigenvalue weighted by Crippen LogP contribution is -2.30. The second-order valence-electron chi connectivity index (χ2n) is 6.16. The summed E-state index contributed by atoms with van der Waals surface area (Å²) in [5, 5.41) is 5.61. The summed E-state index contributed by atoms with van der Waals surface area (Å²) in [7, 11) is 1.58. The van der Waals surface area contributed by atoms with E-state index in [2.05, 4.69) is 10.6 Å². The topological polar surface area (TPSA) is 76.7 Å². The molecule has 2 N–H and O–H groups in total. The molecule has 26 heavy (non-hydrogen) atoms. The number of methoxy groups -OCH3 is 1. The summed E-state index contributed by atoms with van der Waals surface area (Å²) in [6.07, 6.45) is 0.583. The van der Waals surface area contributed by atoms with E-state index in [0.29, 0.717) is 31.0 Å². The van der Waals surface area contributed by atoms with Crippen molar-refractivity contribution >= 4 is 17.5 Å². The van der Waals surface area contributed by atoms with Crippen LogP contribution in [0.3, 0.4) is 0 Å². The molecule has 2 unspecified atom stereocenters. The van der Waals surface area contributed by atoms with Crippen LogP contribution in [0.4, 0.5) is 5.69 Å². The number of nitrogens with one attached hydrogen (secondary N) is 2. The molecule has 0 heterocycles. The van der Waals surface area contributed by atoms with E-state index < -0.39 is 0 Å². The first kappa shape index (κ1) is 17.9. The van der Waals surface area contributed by atoms with Crippen LogP contribution in [0.5, 0.6) is 11.5 Å². The predicted molar refractivity (Wildman–Crippen MR) is 98.1 cm³/mol. The van der Waals surface area contributed by atoms with E-state index >= 15 is 0 Å². The second kappa shape index (κ2) is 8.49. The van der Waals surface area contributed by atoms with Gasteiger partial charge in [-0.1, -0.05) is 18.2 Å². The highest BCUT2D eigenvalue weighted by Crippen LogP contribution is 2.39. The van der Waals surface area contributed by atoms with Crippen molar-refractivity contribution in [1.82, 2.24) is 5.32 Å². The summed E-state index contributed by atoms with van der Waals surface area (Å²) in [5.74, 6) is 0.716. The van der Waals surface area contributed by atoms with Crippen LogP contribution in [0.1, 0.15) is 6.42 Å². The largest absolute Gasteiger partial charge is 0.457 e. The third-order valence-electron chi connectivity index (χ3n) is 4.17. The van der Waals surface area contributed by atoms with Crippen molar-refractivity contribution in [1.29, 1.82) is 0 Å². The Kier molecular flexibility index (Phi) is 5.86. The molecule has 6 heteroatoms. The van der Waals surface area contributed by atoms with Gasteiger partial charge >= 0.3 is 0 Å². The Morgan fingerprint density at radius 3 is 2.31 bits per heavy atom. The summed E-state index contributed by atoms with van der Waals surface area (Å²) in [6, 6.07) is 16.6. The second-order valence-corrected chi connectivity index (χ2v) is 6.16.